The molecule has 3 heteroatoms. The van der Waals surface area contributed by atoms with Crippen molar-refractivity contribution >= 4 is 43.1 Å². The van der Waals surface area contributed by atoms with Crippen LogP contribution in [0.5, 0.6) is 0 Å². The molecule has 9 aromatic carbocycles. The van der Waals surface area contributed by atoms with E-state index in [4.69, 9.17) is 24.5 Å². The van der Waals surface area contributed by atoms with Gasteiger partial charge in [-0.05, 0) is 77.5 Å². The molecule has 0 spiro atoms. The Morgan fingerprint density at radius 1 is 0.308 bits per heavy atom. The molecule has 0 aliphatic heterocycles. The second-order valence-corrected chi connectivity index (χ2v) is 12.4. The van der Waals surface area contributed by atoms with Gasteiger partial charge >= 0.3 is 0 Å². The van der Waals surface area contributed by atoms with Crippen LogP contribution in [0.25, 0.3) is 99.5 Å². The molecular weight excluding hydrogens is 631 g/mol. The van der Waals surface area contributed by atoms with Crippen LogP contribution in [0.15, 0.2) is 188 Å². The first kappa shape index (κ1) is 20.6. The van der Waals surface area contributed by atoms with Gasteiger partial charge in [0.05, 0.1) is 15.1 Å². The third-order valence-corrected chi connectivity index (χ3v) is 9.27. The second kappa shape index (κ2) is 12.4. The first-order valence-electron chi connectivity index (χ1n) is 22.2. The molecule has 0 aliphatic carbocycles. The van der Waals surface area contributed by atoms with E-state index >= 15 is 0 Å². The van der Waals surface area contributed by atoms with Crippen molar-refractivity contribution in [3.8, 4) is 56.4 Å². The highest BCUT2D eigenvalue weighted by molar-refractivity contribution is 6.11. The molecule has 0 bridgehead atoms. The molecule has 242 valence electrons. The van der Waals surface area contributed by atoms with Crippen molar-refractivity contribution in [3.63, 3.8) is 0 Å². The fraction of sp³-hybridized carbons (Fsp3) is 0. The number of aromatic nitrogens is 3. The van der Waals surface area contributed by atoms with E-state index in [1.807, 2.05) is 66.7 Å². The molecule has 52 heavy (non-hydrogen) atoms. The lowest BCUT2D eigenvalue weighted by molar-refractivity contribution is 1.08. The molecule has 3 nitrogen and oxygen atoms in total. The van der Waals surface area contributed by atoms with Crippen LogP contribution in [0.2, 0.25) is 0 Å². The lowest BCUT2D eigenvalue weighted by atomic mass is 9.96. The highest BCUT2D eigenvalue weighted by Gasteiger charge is 2.16. The van der Waals surface area contributed by atoms with Gasteiger partial charge < -0.3 is 0 Å². The van der Waals surface area contributed by atoms with Gasteiger partial charge in [-0.1, -0.05) is 176 Å². The lowest BCUT2D eigenvalue weighted by Gasteiger charge is -2.12. The molecule has 0 radical (unpaired) electrons. The Labute approximate surface area is 317 Å². The number of benzene rings is 9. The van der Waals surface area contributed by atoms with Gasteiger partial charge in [0, 0.05) is 16.7 Å². The molecule has 0 saturated carbocycles. The first-order chi connectivity index (χ1) is 30.3. The van der Waals surface area contributed by atoms with Crippen molar-refractivity contribution in [2.75, 3.05) is 0 Å². The second-order valence-electron chi connectivity index (χ2n) is 12.4. The van der Waals surface area contributed by atoms with Gasteiger partial charge in [-0.25, -0.2) is 15.0 Å². The normalized spacial score (nSPS) is 14.4. The van der Waals surface area contributed by atoms with Crippen LogP contribution >= 0.6 is 0 Å². The Bertz CT molecular complexity index is 3570. The number of hydrogen-bond acceptors (Lipinski definition) is 3. The van der Waals surface area contributed by atoms with Crippen LogP contribution in [0.3, 0.4) is 0 Å². The maximum Gasteiger partial charge on any atom is 0.164 e. The molecule has 0 N–H and O–H groups in total. The molecule has 1 aromatic heterocycles. The van der Waals surface area contributed by atoms with Crippen LogP contribution in [0.4, 0.5) is 0 Å². The summed E-state index contributed by atoms with van der Waals surface area (Å²) in [7, 11) is 0. The van der Waals surface area contributed by atoms with Crippen molar-refractivity contribution in [1.82, 2.24) is 15.0 Å². The van der Waals surface area contributed by atoms with E-state index in [9.17, 15) is 5.48 Å². The molecule has 1 heterocycles. The molecule has 0 fully saturated rings. The smallest absolute Gasteiger partial charge is 0.164 e. The van der Waals surface area contributed by atoms with E-state index in [0.29, 0.717) is 28.6 Å². The molecule has 0 saturated heterocycles. The predicted molar refractivity (Wildman–Crippen MR) is 217 cm³/mol. The fourth-order valence-corrected chi connectivity index (χ4v) is 6.71. The third-order valence-electron chi connectivity index (χ3n) is 9.27. The molecule has 0 unspecified atom stereocenters. The van der Waals surface area contributed by atoms with E-state index < -0.39 is 72.0 Å². The van der Waals surface area contributed by atoms with E-state index in [2.05, 4.69) is 30.3 Å². The highest BCUT2D eigenvalue weighted by atomic mass is 15.0. The summed E-state index contributed by atoms with van der Waals surface area (Å²) in [4.78, 5) is 15.1. The minimum absolute atomic E-state index is 0.0680. The molecule has 0 aliphatic rings. The average molecular weight is 673 g/mol. The van der Waals surface area contributed by atoms with Crippen molar-refractivity contribution in [2.24, 2.45) is 0 Å². The van der Waals surface area contributed by atoms with Crippen molar-refractivity contribution in [2.45, 2.75) is 0 Å². The summed E-state index contributed by atoms with van der Waals surface area (Å²) in [6, 6.07) is 32.6. The minimum atomic E-state index is -0.673. The largest absolute Gasteiger partial charge is 0.208 e. The zero-order chi connectivity index (χ0) is 44.0. The van der Waals surface area contributed by atoms with Crippen LogP contribution in [0.1, 0.15) is 15.1 Å². The number of hydrogen-bond donors (Lipinski definition) is 0. The number of rotatable bonds is 5. The molecule has 0 amide bonds. The summed E-state index contributed by atoms with van der Waals surface area (Å²) >= 11 is 0. The van der Waals surface area contributed by atoms with E-state index in [1.54, 1.807) is 24.3 Å². The Hall–Kier alpha value is -6.97. The minimum Gasteiger partial charge on any atom is -0.208 e. The Morgan fingerprint density at radius 2 is 0.962 bits per heavy atom. The van der Waals surface area contributed by atoms with Gasteiger partial charge in [-0.3, -0.25) is 0 Å². The van der Waals surface area contributed by atoms with Crippen LogP contribution in [-0.4, -0.2) is 15.0 Å². The Morgan fingerprint density at radius 3 is 1.85 bits per heavy atom. The van der Waals surface area contributed by atoms with E-state index in [0.717, 1.165) is 43.4 Å². The summed E-state index contributed by atoms with van der Waals surface area (Å²) in [5, 5.41) is 5.56. The van der Waals surface area contributed by atoms with Crippen LogP contribution in [-0.2, 0) is 0 Å². The lowest BCUT2D eigenvalue weighted by Crippen LogP contribution is -2.01. The standard InChI is InChI=1S/C49H31N3/c1-2-13-37-31-40(27-24-32(37)10-1)48-50-47(51-49(52-48)46-21-9-20-44-43-18-6-4-12-35(43)28-29-45(44)46)39-16-7-15-38(30-39)33-22-25-36(26-23-33)42-19-8-14-34-11-3-5-17-41(34)42/h1-31H/i3D,5D,8D,11D,14D,17D,19D,22D,23D,25D,26D. The summed E-state index contributed by atoms with van der Waals surface area (Å²) in [6.07, 6.45) is 0. The van der Waals surface area contributed by atoms with Gasteiger partial charge in [0.15, 0.2) is 17.5 Å². The van der Waals surface area contributed by atoms with Gasteiger partial charge in [0.1, 0.15) is 0 Å². The fourth-order valence-electron chi connectivity index (χ4n) is 6.71. The monoisotopic (exact) mass is 672 g/mol. The van der Waals surface area contributed by atoms with E-state index in [-0.39, 0.29) is 21.9 Å². The molecular formula is C49H31N3. The first-order valence-corrected chi connectivity index (χ1v) is 16.7. The number of fused-ring (bicyclic) bond motifs is 5. The SMILES string of the molecule is [2H]c1c([2H])c(-c2c([2H])c([2H])c([2H])c3c([2H])c([2H])c([2H])c([2H])c23)c([2H])c([2H])c1-c1cccc(-c2nc(-c3ccc4ccccc4c3)nc(-c3cccc4c3ccc3ccccc34)n2)c1. The summed E-state index contributed by atoms with van der Waals surface area (Å²) < 4.78 is 96.5. The zero-order valence-corrected chi connectivity index (χ0v) is 27.4. The third kappa shape index (κ3) is 5.28. The summed E-state index contributed by atoms with van der Waals surface area (Å²) in [5.74, 6) is 1.14. The molecule has 0 atom stereocenters. The Balaban J connectivity index is 1.17. The maximum atomic E-state index is 9.25. The van der Waals surface area contributed by atoms with E-state index in [1.165, 1.54) is 0 Å². The maximum absolute atomic E-state index is 9.25. The average Bonchev–Trinajstić information content (AvgIpc) is 3.31. The van der Waals surface area contributed by atoms with Gasteiger partial charge in [-0.15, -0.1) is 0 Å². The van der Waals surface area contributed by atoms with Crippen molar-refractivity contribution < 1.29 is 15.1 Å². The van der Waals surface area contributed by atoms with Gasteiger partial charge in [-0.2, -0.15) is 0 Å². The topological polar surface area (TPSA) is 38.7 Å². The molecule has 10 aromatic rings. The van der Waals surface area contributed by atoms with Crippen LogP contribution < -0.4 is 0 Å². The van der Waals surface area contributed by atoms with Gasteiger partial charge in [0.2, 0.25) is 0 Å². The molecule has 10 rings (SSSR count). The van der Waals surface area contributed by atoms with Crippen LogP contribution in [0, 0.1) is 0 Å². The number of nitrogens with zero attached hydrogens (tertiary/aromatic N) is 3. The zero-order valence-electron chi connectivity index (χ0n) is 38.4. The van der Waals surface area contributed by atoms with Gasteiger partial charge in [0.25, 0.3) is 0 Å². The quantitative estimate of drug-likeness (QED) is 0.171. The van der Waals surface area contributed by atoms with Crippen molar-refractivity contribution in [1.29, 1.82) is 0 Å². The highest BCUT2D eigenvalue weighted by Crippen LogP contribution is 2.35. The summed E-state index contributed by atoms with van der Waals surface area (Å²) in [6.45, 7) is 0. The summed E-state index contributed by atoms with van der Waals surface area (Å²) in [5.41, 5.74) is 1.50. The Kier molecular flexibility index (Phi) is 4.93. The predicted octanol–water partition coefficient (Wildman–Crippen LogP) is 12.8. The van der Waals surface area contributed by atoms with Crippen molar-refractivity contribution in [3.05, 3.63) is 188 Å².